The lowest BCUT2D eigenvalue weighted by Gasteiger charge is -2.19. The highest BCUT2D eigenvalue weighted by atomic mass is 35.5. The summed E-state index contributed by atoms with van der Waals surface area (Å²) in [5.74, 6) is 0.942. The van der Waals surface area contributed by atoms with E-state index in [1.165, 1.54) is 0 Å². The van der Waals surface area contributed by atoms with Crippen molar-refractivity contribution in [3.05, 3.63) is 28.8 Å². The van der Waals surface area contributed by atoms with Crippen molar-refractivity contribution in [3.63, 3.8) is 0 Å². The van der Waals surface area contributed by atoms with E-state index in [1.807, 2.05) is 18.2 Å². The number of hydrogen-bond donors (Lipinski definition) is 1. The molecule has 1 aromatic rings. The minimum atomic E-state index is 0.299. The van der Waals surface area contributed by atoms with Gasteiger partial charge >= 0.3 is 0 Å². The van der Waals surface area contributed by atoms with Gasteiger partial charge in [-0.15, -0.1) is 0 Å². The minimum absolute atomic E-state index is 0.299. The first kappa shape index (κ1) is 16.3. The van der Waals surface area contributed by atoms with Gasteiger partial charge in [-0.05, 0) is 43.0 Å². The quantitative estimate of drug-likeness (QED) is 0.735. The maximum atomic E-state index is 6.05. The molecular formula is C16H26ClNO. The Bertz CT molecular complexity index is 385. The van der Waals surface area contributed by atoms with Crippen LogP contribution in [0.25, 0.3) is 0 Å². The molecule has 0 atom stereocenters. The maximum absolute atomic E-state index is 6.05. The summed E-state index contributed by atoms with van der Waals surface area (Å²) in [5.41, 5.74) is 1.43. The van der Waals surface area contributed by atoms with Crippen LogP contribution in [0.5, 0.6) is 5.75 Å². The maximum Gasteiger partial charge on any atom is 0.123 e. The predicted octanol–water partition coefficient (Wildman–Crippen LogP) is 4.65. The molecule has 0 aromatic heterocycles. The fourth-order valence-electron chi connectivity index (χ4n) is 1.69. The van der Waals surface area contributed by atoms with Crippen molar-refractivity contribution in [2.24, 2.45) is 5.41 Å². The molecule has 0 fully saturated rings. The zero-order chi connectivity index (χ0) is 14.3. The second kappa shape index (κ2) is 7.76. The zero-order valence-corrected chi connectivity index (χ0v) is 13.3. The van der Waals surface area contributed by atoms with Gasteiger partial charge in [0.2, 0.25) is 0 Å². The summed E-state index contributed by atoms with van der Waals surface area (Å²) < 4.78 is 5.90. The molecule has 1 aromatic carbocycles. The van der Waals surface area contributed by atoms with Gasteiger partial charge in [0, 0.05) is 17.1 Å². The molecule has 0 spiro atoms. The van der Waals surface area contributed by atoms with Crippen LogP contribution < -0.4 is 10.1 Å². The average Bonchev–Trinajstić information content (AvgIpc) is 2.30. The number of rotatable bonds is 7. The first-order valence-corrected chi connectivity index (χ1v) is 7.42. The fourth-order valence-corrected chi connectivity index (χ4v) is 1.89. The molecule has 0 aliphatic rings. The molecule has 0 radical (unpaired) electrons. The van der Waals surface area contributed by atoms with Crippen molar-refractivity contribution in [2.45, 2.75) is 47.1 Å². The Morgan fingerprint density at radius 3 is 2.63 bits per heavy atom. The van der Waals surface area contributed by atoms with E-state index < -0.39 is 0 Å². The van der Waals surface area contributed by atoms with Crippen LogP contribution in [0.15, 0.2) is 18.2 Å². The summed E-state index contributed by atoms with van der Waals surface area (Å²) in [4.78, 5) is 0. The van der Waals surface area contributed by atoms with Crippen molar-refractivity contribution in [1.82, 2.24) is 5.32 Å². The van der Waals surface area contributed by atoms with Crippen LogP contribution in [0.4, 0.5) is 0 Å². The first-order valence-electron chi connectivity index (χ1n) is 7.04. The Morgan fingerprint density at radius 1 is 1.26 bits per heavy atom. The molecular weight excluding hydrogens is 258 g/mol. The van der Waals surface area contributed by atoms with Crippen molar-refractivity contribution in [3.8, 4) is 5.75 Å². The normalized spacial score (nSPS) is 11.6. The van der Waals surface area contributed by atoms with Crippen molar-refractivity contribution >= 4 is 11.6 Å². The molecule has 1 rings (SSSR count). The highest BCUT2D eigenvalue weighted by Crippen LogP contribution is 2.25. The van der Waals surface area contributed by atoms with Gasteiger partial charge in [0.05, 0.1) is 6.61 Å². The Hall–Kier alpha value is -0.730. The van der Waals surface area contributed by atoms with Crippen LogP contribution in [0.3, 0.4) is 0 Å². The molecule has 0 aliphatic carbocycles. The standard InChI is InChI=1S/C16H26ClNO/c1-5-9-18-12-13-11-14(17)6-7-15(13)19-10-8-16(2,3)4/h6-7,11,18H,5,8-10,12H2,1-4H3. The van der Waals surface area contributed by atoms with Crippen LogP contribution >= 0.6 is 11.6 Å². The number of hydrogen-bond acceptors (Lipinski definition) is 2. The Kier molecular flexibility index (Phi) is 6.67. The van der Waals surface area contributed by atoms with Gasteiger partial charge in [-0.1, -0.05) is 39.3 Å². The molecule has 0 saturated heterocycles. The van der Waals surface area contributed by atoms with Crippen molar-refractivity contribution < 1.29 is 4.74 Å². The van der Waals surface area contributed by atoms with Crippen molar-refractivity contribution in [1.29, 1.82) is 0 Å². The van der Waals surface area contributed by atoms with E-state index in [0.29, 0.717) is 5.41 Å². The largest absolute Gasteiger partial charge is 0.493 e. The van der Waals surface area contributed by atoms with Gasteiger partial charge < -0.3 is 10.1 Å². The molecule has 3 heteroatoms. The molecule has 0 aliphatic heterocycles. The molecule has 0 amide bonds. The van der Waals surface area contributed by atoms with Crippen molar-refractivity contribution in [2.75, 3.05) is 13.2 Å². The number of benzene rings is 1. The summed E-state index contributed by atoms with van der Waals surface area (Å²) in [6, 6.07) is 5.84. The molecule has 2 nitrogen and oxygen atoms in total. The predicted molar refractivity (Wildman–Crippen MR) is 83.0 cm³/mol. The lowest BCUT2D eigenvalue weighted by Crippen LogP contribution is -2.16. The molecule has 0 heterocycles. The smallest absolute Gasteiger partial charge is 0.123 e. The first-order chi connectivity index (χ1) is 8.92. The van der Waals surface area contributed by atoms with E-state index in [2.05, 4.69) is 33.0 Å². The Morgan fingerprint density at radius 2 is 2.00 bits per heavy atom. The second-order valence-corrected chi connectivity index (χ2v) is 6.52. The van der Waals surface area contributed by atoms with E-state index in [4.69, 9.17) is 16.3 Å². The highest BCUT2D eigenvalue weighted by molar-refractivity contribution is 6.30. The van der Waals surface area contributed by atoms with Gasteiger partial charge in [-0.2, -0.15) is 0 Å². The molecule has 0 unspecified atom stereocenters. The van der Waals surface area contributed by atoms with Crippen LogP contribution in [0, 0.1) is 5.41 Å². The number of halogens is 1. The van der Waals surface area contributed by atoms with Gasteiger partial charge in [0.25, 0.3) is 0 Å². The van der Waals surface area contributed by atoms with Gasteiger partial charge in [0.15, 0.2) is 0 Å². The third kappa shape index (κ3) is 6.84. The Balaban J connectivity index is 2.60. The minimum Gasteiger partial charge on any atom is -0.493 e. The summed E-state index contributed by atoms with van der Waals surface area (Å²) in [7, 11) is 0. The Labute approximate surface area is 122 Å². The SMILES string of the molecule is CCCNCc1cc(Cl)ccc1OCCC(C)(C)C. The second-order valence-electron chi connectivity index (χ2n) is 6.09. The van der Waals surface area contributed by atoms with Crippen LogP contribution in [0.2, 0.25) is 5.02 Å². The van der Waals surface area contributed by atoms with Crippen LogP contribution in [0.1, 0.15) is 46.1 Å². The van der Waals surface area contributed by atoms with Crippen LogP contribution in [-0.2, 0) is 6.54 Å². The van der Waals surface area contributed by atoms with E-state index in [0.717, 1.165) is 48.9 Å². The van der Waals surface area contributed by atoms with Gasteiger partial charge in [-0.25, -0.2) is 0 Å². The highest BCUT2D eigenvalue weighted by Gasteiger charge is 2.11. The third-order valence-corrected chi connectivity index (χ3v) is 3.11. The third-order valence-electron chi connectivity index (χ3n) is 2.87. The van der Waals surface area contributed by atoms with Gasteiger partial charge in [-0.3, -0.25) is 0 Å². The zero-order valence-electron chi connectivity index (χ0n) is 12.6. The number of nitrogens with one attached hydrogen (secondary N) is 1. The van der Waals surface area contributed by atoms with E-state index in [9.17, 15) is 0 Å². The average molecular weight is 284 g/mol. The molecule has 0 saturated carbocycles. The van der Waals surface area contributed by atoms with E-state index in [1.54, 1.807) is 0 Å². The monoisotopic (exact) mass is 283 g/mol. The molecule has 19 heavy (non-hydrogen) atoms. The molecule has 108 valence electrons. The van der Waals surface area contributed by atoms with E-state index in [-0.39, 0.29) is 0 Å². The topological polar surface area (TPSA) is 21.3 Å². The number of ether oxygens (including phenoxy) is 1. The summed E-state index contributed by atoms with van der Waals surface area (Å²) >= 11 is 6.05. The summed E-state index contributed by atoms with van der Waals surface area (Å²) in [6.07, 6.45) is 2.16. The summed E-state index contributed by atoms with van der Waals surface area (Å²) in [6.45, 7) is 11.4. The fraction of sp³-hybridized carbons (Fsp3) is 0.625. The van der Waals surface area contributed by atoms with Crippen LogP contribution in [-0.4, -0.2) is 13.2 Å². The molecule has 1 N–H and O–H groups in total. The lowest BCUT2D eigenvalue weighted by atomic mass is 9.93. The summed E-state index contributed by atoms with van der Waals surface area (Å²) in [5, 5.41) is 4.15. The van der Waals surface area contributed by atoms with Gasteiger partial charge in [0.1, 0.15) is 5.75 Å². The lowest BCUT2D eigenvalue weighted by molar-refractivity contribution is 0.241. The van der Waals surface area contributed by atoms with E-state index >= 15 is 0 Å². The molecule has 0 bridgehead atoms.